The van der Waals surface area contributed by atoms with Crippen LogP contribution in [0.1, 0.15) is 18.9 Å². The molecule has 0 fully saturated rings. The highest BCUT2D eigenvalue weighted by Crippen LogP contribution is 2.29. The fourth-order valence-corrected chi connectivity index (χ4v) is 4.17. The summed E-state index contributed by atoms with van der Waals surface area (Å²) in [6.45, 7) is 5.79. The van der Waals surface area contributed by atoms with Crippen LogP contribution in [-0.4, -0.2) is 37.3 Å². The summed E-state index contributed by atoms with van der Waals surface area (Å²) in [5.41, 5.74) is 5.11. The van der Waals surface area contributed by atoms with E-state index in [9.17, 15) is 4.79 Å². The van der Waals surface area contributed by atoms with E-state index in [2.05, 4.69) is 22.0 Å². The first-order chi connectivity index (χ1) is 15.6. The number of aromatic nitrogens is 5. The van der Waals surface area contributed by atoms with Gasteiger partial charge in [-0.1, -0.05) is 28.1 Å². The maximum Gasteiger partial charge on any atom is 0.265 e. The molecule has 0 aliphatic carbocycles. The van der Waals surface area contributed by atoms with Crippen molar-refractivity contribution in [1.29, 1.82) is 0 Å². The number of hydrogen-bond donors (Lipinski definition) is 0. The molecule has 0 amide bonds. The molecular formula is C24H22BrN5O2. The number of aryl methyl sites for hydroxylation is 2. The Morgan fingerprint density at radius 2 is 1.84 bits per heavy atom. The van der Waals surface area contributed by atoms with Crippen molar-refractivity contribution in [3.05, 3.63) is 69.2 Å². The van der Waals surface area contributed by atoms with E-state index in [1.165, 1.54) is 0 Å². The first kappa shape index (κ1) is 20.8. The summed E-state index contributed by atoms with van der Waals surface area (Å²) >= 11 is 3.56. The van der Waals surface area contributed by atoms with Crippen molar-refractivity contribution in [2.24, 2.45) is 0 Å². The van der Waals surface area contributed by atoms with Crippen molar-refractivity contribution in [2.75, 3.05) is 13.2 Å². The van der Waals surface area contributed by atoms with E-state index in [-0.39, 0.29) is 5.56 Å². The molecule has 0 N–H and O–H groups in total. The van der Waals surface area contributed by atoms with E-state index in [1.54, 1.807) is 10.9 Å². The molecule has 0 saturated heterocycles. The first-order valence-electron chi connectivity index (χ1n) is 10.6. The number of halogens is 1. The Morgan fingerprint density at radius 3 is 2.59 bits per heavy atom. The van der Waals surface area contributed by atoms with Crippen LogP contribution in [0.2, 0.25) is 0 Å². The molecule has 5 aromatic rings. The third-order valence-corrected chi connectivity index (χ3v) is 6.41. The Balaban J connectivity index is 1.80. The highest BCUT2D eigenvalue weighted by atomic mass is 79.9. The molecule has 2 aromatic carbocycles. The smallest absolute Gasteiger partial charge is 0.265 e. The molecule has 0 aliphatic rings. The first-order valence-corrected chi connectivity index (χ1v) is 11.4. The Bertz CT molecular complexity index is 1520. The van der Waals surface area contributed by atoms with Crippen LogP contribution in [-0.2, 0) is 11.3 Å². The molecule has 0 atom stereocenters. The Kier molecular flexibility index (Phi) is 5.48. The van der Waals surface area contributed by atoms with Gasteiger partial charge in [-0.25, -0.2) is 15.0 Å². The van der Waals surface area contributed by atoms with Crippen molar-refractivity contribution in [3.8, 4) is 5.69 Å². The second-order valence-electron chi connectivity index (χ2n) is 7.65. The molecule has 0 radical (unpaired) electrons. The number of nitrogens with zero attached hydrogens (tertiary/aromatic N) is 5. The van der Waals surface area contributed by atoms with Crippen molar-refractivity contribution in [3.63, 3.8) is 0 Å². The van der Waals surface area contributed by atoms with Gasteiger partial charge in [0.15, 0.2) is 11.3 Å². The number of hydrogen-bond acceptors (Lipinski definition) is 5. The Hall–Kier alpha value is -3.10. The molecule has 7 nitrogen and oxygen atoms in total. The zero-order valence-corrected chi connectivity index (χ0v) is 19.5. The van der Waals surface area contributed by atoms with Gasteiger partial charge in [0.05, 0.1) is 17.4 Å². The fraction of sp³-hybridized carbons (Fsp3) is 0.250. The van der Waals surface area contributed by atoms with Crippen LogP contribution in [0, 0.1) is 6.92 Å². The normalized spacial score (nSPS) is 11.7. The van der Waals surface area contributed by atoms with Crippen LogP contribution in [0.4, 0.5) is 0 Å². The number of benzene rings is 2. The van der Waals surface area contributed by atoms with Gasteiger partial charge in [0.2, 0.25) is 0 Å². The second-order valence-corrected chi connectivity index (χ2v) is 8.50. The highest BCUT2D eigenvalue weighted by Gasteiger charge is 2.21. The van der Waals surface area contributed by atoms with E-state index < -0.39 is 0 Å². The Morgan fingerprint density at radius 1 is 1.06 bits per heavy atom. The predicted octanol–water partition coefficient (Wildman–Crippen LogP) is 4.78. The lowest BCUT2D eigenvalue weighted by Gasteiger charge is -2.09. The van der Waals surface area contributed by atoms with Gasteiger partial charge >= 0.3 is 0 Å². The average molecular weight is 492 g/mol. The molecule has 3 aromatic heterocycles. The van der Waals surface area contributed by atoms with Crippen LogP contribution < -0.4 is 5.56 Å². The van der Waals surface area contributed by atoms with Crippen molar-refractivity contribution in [2.45, 2.75) is 26.8 Å². The van der Waals surface area contributed by atoms with Gasteiger partial charge in [0, 0.05) is 29.9 Å². The molecule has 3 heterocycles. The van der Waals surface area contributed by atoms with Crippen LogP contribution in [0.5, 0.6) is 0 Å². The lowest BCUT2D eigenvalue weighted by Crippen LogP contribution is -2.21. The van der Waals surface area contributed by atoms with Crippen LogP contribution in [0.15, 0.2) is 58.1 Å². The lowest BCUT2D eigenvalue weighted by molar-refractivity contribution is 0.141. The van der Waals surface area contributed by atoms with Gasteiger partial charge in [0.1, 0.15) is 10.9 Å². The molecule has 8 heteroatoms. The summed E-state index contributed by atoms with van der Waals surface area (Å²) in [6, 6.07) is 13.7. The van der Waals surface area contributed by atoms with Crippen molar-refractivity contribution < 1.29 is 4.74 Å². The summed E-state index contributed by atoms with van der Waals surface area (Å²) in [5.74, 6) is 0. The van der Waals surface area contributed by atoms with Gasteiger partial charge in [-0.05, 0) is 56.2 Å². The average Bonchev–Trinajstić information content (AvgIpc) is 3.12. The Labute approximate surface area is 192 Å². The van der Waals surface area contributed by atoms with Gasteiger partial charge < -0.3 is 4.74 Å². The molecule has 32 heavy (non-hydrogen) atoms. The molecule has 0 aliphatic heterocycles. The summed E-state index contributed by atoms with van der Waals surface area (Å²) in [4.78, 5) is 27.9. The van der Waals surface area contributed by atoms with E-state index in [0.29, 0.717) is 42.0 Å². The van der Waals surface area contributed by atoms with E-state index >= 15 is 0 Å². The standard InChI is InChI=1S/C24H22BrN5O2/c1-3-32-12-6-11-29-14-26-22-20(24(29)31)21-23(28-19-8-5-4-7-18(19)27-21)30(22)16-9-10-17(25)15(2)13-16/h4-5,7-10,13-14H,3,6,11-12H2,1-2H3. The van der Waals surface area contributed by atoms with E-state index in [0.717, 1.165) is 33.2 Å². The highest BCUT2D eigenvalue weighted by molar-refractivity contribution is 9.10. The number of rotatable bonds is 6. The molecule has 0 bridgehead atoms. The summed E-state index contributed by atoms with van der Waals surface area (Å²) in [7, 11) is 0. The largest absolute Gasteiger partial charge is 0.382 e. The minimum absolute atomic E-state index is 0.117. The van der Waals surface area contributed by atoms with Gasteiger partial charge in [-0.2, -0.15) is 0 Å². The maximum atomic E-state index is 13.5. The minimum atomic E-state index is -0.117. The third kappa shape index (κ3) is 3.49. The molecule has 162 valence electrons. The third-order valence-electron chi connectivity index (χ3n) is 5.52. The molecule has 0 unspecified atom stereocenters. The van der Waals surface area contributed by atoms with Crippen molar-refractivity contribution in [1.82, 2.24) is 24.1 Å². The monoisotopic (exact) mass is 491 g/mol. The minimum Gasteiger partial charge on any atom is -0.382 e. The van der Waals surface area contributed by atoms with Crippen LogP contribution in [0.25, 0.3) is 38.9 Å². The maximum absolute atomic E-state index is 13.5. The van der Waals surface area contributed by atoms with Crippen molar-refractivity contribution >= 4 is 49.2 Å². The van der Waals surface area contributed by atoms with E-state index in [1.807, 2.05) is 54.8 Å². The zero-order valence-electron chi connectivity index (χ0n) is 17.9. The fourth-order valence-electron chi connectivity index (χ4n) is 3.93. The van der Waals surface area contributed by atoms with Gasteiger partial charge in [0.25, 0.3) is 5.56 Å². The quantitative estimate of drug-likeness (QED) is 0.319. The summed E-state index contributed by atoms with van der Waals surface area (Å²) in [6.07, 6.45) is 2.34. The van der Waals surface area contributed by atoms with Crippen LogP contribution >= 0.6 is 15.9 Å². The molecule has 0 saturated carbocycles. The predicted molar refractivity (Wildman–Crippen MR) is 129 cm³/mol. The lowest BCUT2D eigenvalue weighted by atomic mass is 10.2. The molecular weight excluding hydrogens is 470 g/mol. The van der Waals surface area contributed by atoms with E-state index in [4.69, 9.17) is 19.7 Å². The number of ether oxygens (including phenoxy) is 1. The molecule has 0 spiro atoms. The van der Waals surface area contributed by atoms with Crippen LogP contribution in [0.3, 0.4) is 0 Å². The summed E-state index contributed by atoms with van der Waals surface area (Å²) in [5, 5.41) is 0.484. The van der Waals surface area contributed by atoms with Gasteiger partial charge in [-0.15, -0.1) is 0 Å². The number of para-hydroxylation sites is 2. The number of fused-ring (bicyclic) bond motifs is 4. The van der Waals surface area contributed by atoms with Gasteiger partial charge in [-0.3, -0.25) is 13.9 Å². The summed E-state index contributed by atoms with van der Waals surface area (Å²) < 4.78 is 9.99. The zero-order chi connectivity index (χ0) is 22.2. The SMILES string of the molecule is CCOCCCn1cnc2c(c1=O)c1nc3ccccc3nc1n2-c1ccc(Br)c(C)c1. The second kappa shape index (κ2) is 8.44. The topological polar surface area (TPSA) is 74.8 Å². The molecule has 5 rings (SSSR count).